The van der Waals surface area contributed by atoms with Crippen molar-refractivity contribution in [2.75, 3.05) is 25.0 Å². The number of carbonyl (C=O) groups excluding carboxylic acids is 1. The Kier molecular flexibility index (Phi) is 8.42. The van der Waals surface area contributed by atoms with E-state index in [0.717, 1.165) is 39.2 Å². The second-order valence-electron chi connectivity index (χ2n) is 9.80. The highest BCUT2D eigenvalue weighted by atomic mass is 79.9. The highest BCUT2D eigenvalue weighted by molar-refractivity contribution is 9.09. The highest BCUT2D eigenvalue weighted by Crippen LogP contribution is 2.43. The zero-order valence-corrected chi connectivity index (χ0v) is 24.4. The molecule has 3 aromatic rings. The van der Waals surface area contributed by atoms with Crippen LogP contribution in [0.25, 0.3) is 0 Å². The predicted molar refractivity (Wildman–Crippen MR) is 151 cm³/mol. The number of amides is 1. The number of thiazole rings is 1. The summed E-state index contributed by atoms with van der Waals surface area (Å²) in [7, 11) is 0. The third kappa shape index (κ3) is 5.71. The number of aromatic nitrogens is 1. The largest absolute Gasteiger partial charge is 0.507 e. The van der Waals surface area contributed by atoms with Crippen LogP contribution in [0, 0.1) is 20.8 Å². The van der Waals surface area contributed by atoms with Gasteiger partial charge in [-0.25, -0.2) is 0 Å². The van der Waals surface area contributed by atoms with E-state index in [4.69, 9.17) is 9.47 Å². The first kappa shape index (κ1) is 28.0. The summed E-state index contributed by atoms with van der Waals surface area (Å²) < 4.78 is 12.3. The molecule has 1 aromatic heterocycles. The van der Waals surface area contributed by atoms with E-state index in [1.807, 2.05) is 52.0 Å². The molecular weight excluding hydrogens is 572 g/mol. The number of hydrogen-bond donors (Lipinski definition) is 3. The first-order chi connectivity index (χ1) is 18.0. The van der Waals surface area contributed by atoms with Crippen molar-refractivity contribution in [3.8, 4) is 23.1 Å². The third-order valence-electron chi connectivity index (χ3n) is 7.23. The first-order valence-corrected chi connectivity index (χ1v) is 14.5. The lowest BCUT2D eigenvalue weighted by molar-refractivity contribution is -0.148. The van der Waals surface area contributed by atoms with E-state index in [2.05, 4.69) is 20.9 Å². The van der Waals surface area contributed by atoms with Gasteiger partial charge in [0.2, 0.25) is 5.88 Å². The predicted octanol–water partition coefficient (Wildman–Crippen LogP) is 4.75. The second-order valence-corrected chi connectivity index (χ2v) is 11.7. The summed E-state index contributed by atoms with van der Waals surface area (Å²) in [5.74, 6) is 1.49. The van der Waals surface area contributed by atoms with Crippen molar-refractivity contribution in [2.45, 2.75) is 52.6 Å². The fourth-order valence-corrected chi connectivity index (χ4v) is 5.97. The van der Waals surface area contributed by atoms with Crippen LogP contribution >= 0.6 is 27.3 Å². The number of benzene rings is 2. The zero-order chi connectivity index (χ0) is 27.6. The molecular formula is C28H33BrN2O6S. The van der Waals surface area contributed by atoms with Crippen molar-refractivity contribution < 1.29 is 24.5 Å². The van der Waals surface area contributed by atoms with E-state index in [0.29, 0.717) is 66.4 Å². The first-order valence-electron chi connectivity index (χ1n) is 12.5. The summed E-state index contributed by atoms with van der Waals surface area (Å²) in [4.78, 5) is 29.5. The Morgan fingerprint density at radius 3 is 2.50 bits per heavy atom. The lowest BCUT2D eigenvalue weighted by atomic mass is 9.86. The average Bonchev–Trinajstić information content (AvgIpc) is 3.22. The molecule has 0 saturated heterocycles. The number of phenolic OH excluding ortho intramolecular Hbond substituents is 1. The summed E-state index contributed by atoms with van der Waals surface area (Å²) in [5.41, 5.74) is 3.35. The van der Waals surface area contributed by atoms with Crippen molar-refractivity contribution in [3.63, 3.8) is 0 Å². The average molecular weight is 606 g/mol. The Hall–Kier alpha value is -2.98. The second kappa shape index (κ2) is 11.4. The highest BCUT2D eigenvalue weighted by Gasteiger charge is 2.43. The molecule has 2 heterocycles. The van der Waals surface area contributed by atoms with Gasteiger partial charge in [-0.3, -0.25) is 14.6 Å². The smallest absolute Gasteiger partial charge is 0.307 e. The number of hydrogen-bond acceptors (Lipinski definition) is 7. The molecule has 1 aliphatic rings. The Bertz CT molecular complexity index is 1380. The topological polar surface area (TPSA) is 112 Å². The number of rotatable bonds is 9. The van der Waals surface area contributed by atoms with Crippen LogP contribution in [0.2, 0.25) is 0 Å². The van der Waals surface area contributed by atoms with Crippen molar-refractivity contribution in [3.05, 3.63) is 66.6 Å². The van der Waals surface area contributed by atoms with Gasteiger partial charge in [0.05, 0.1) is 11.4 Å². The van der Waals surface area contributed by atoms with Crippen molar-refractivity contribution in [1.29, 1.82) is 0 Å². The Balaban J connectivity index is 1.39. The van der Waals surface area contributed by atoms with Crippen molar-refractivity contribution in [2.24, 2.45) is 0 Å². The number of halogens is 1. The van der Waals surface area contributed by atoms with Gasteiger partial charge >= 0.3 is 4.87 Å². The lowest BCUT2D eigenvalue weighted by Crippen LogP contribution is -2.54. The van der Waals surface area contributed by atoms with Gasteiger partial charge in [0, 0.05) is 30.3 Å². The van der Waals surface area contributed by atoms with Gasteiger partial charge in [0.1, 0.15) is 23.9 Å². The van der Waals surface area contributed by atoms with Crippen LogP contribution in [0.5, 0.6) is 23.1 Å². The third-order valence-corrected chi connectivity index (χ3v) is 8.46. The number of nitrogens with zero attached hydrogens (tertiary/aromatic N) is 1. The van der Waals surface area contributed by atoms with Crippen molar-refractivity contribution in [1.82, 2.24) is 9.88 Å². The van der Waals surface area contributed by atoms with Crippen LogP contribution in [0.15, 0.2) is 29.1 Å². The molecule has 4 rings (SSSR count). The number of phenols is 1. The molecule has 1 amide bonds. The quantitative estimate of drug-likeness (QED) is 0.304. The van der Waals surface area contributed by atoms with Crippen LogP contribution in [0.4, 0.5) is 0 Å². The molecule has 38 heavy (non-hydrogen) atoms. The monoisotopic (exact) mass is 604 g/mol. The van der Waals surface area contributed by atoms with Gasteiger partial charge in [-0.15, -0.1) is 0 Å². The maximum absolute atomic E-state index is 13.7. The maximum Gasteiger partial charge on any atom is 0.307 e. The SMILES string of the molecule is Cc1c(C)c2c(c(C)c1O)CCC(C)(C(=O)N(CCBr)CCOc1ccc(Cc3sc(=O)[nH]c3O)cc1)O2. The number of H-pyrrole nitrogens is 1. The van der Waals surface area contributed by atoms with Gasteiger partial charge in [0.15, 0.2) is 5.60 Å². The number of ether oxygens (including phenoxy) is 2. The van der Waals surface area contributed by atoms with E-state index < -0.39 is 5.60 Å². The minimum atomic E-state index is -1.01. The van der Waals surface area contributed by atoms with Gasteiger partial charge in [-0.2, -0.15) is 0 Å². The summed E-state index contributed by atoms with van der Waals surface area (Å²) in [5, 5.41) is 20.9. The molecule has 10 heteroatoms. The molecule has 1 atom stereocenters. The number of aromatic amines is 1. The lowest BCUT2D eigenvalue weighted by Gasteiger charge is -2.39. The standard InChI is InChI=1S/C28H33BrN2O6S/c1-16-17(2)24-21(18(3)23(16)32)9-10-28(4,37-24)26(34)31(12-11-29)13-14-36-20-7-5-19(6-8-20)15-22-25(33)30-27(35)38-22/h5-8,32-33H,9-15H2,1-4H3,(H,30,35). The Labute approximate surface area is 234 Å². The van der Waals surface area contributed by atoms with E-state index in [-0.39, 0.29) is 16.7 Å². The van der Waals surface area contributed by atoms with E-state index in [1.54, 1.807) is 4.90 Å². The molecule has 1 unspecified atom stereocenters. The van der Waals surface area contributed by atoms with Crippen LogP contribution in [-0.4, -0.2) is 56.6 Å². The van der Waals surface area contributed by atoms with Crippen LogP contribution in [0.3, 0.4) is 0 Å². The van der Waals surface area contributed by atoms with Gasteiger partial charge in [-0.1, -0.05) is 39.4 Å². The summed E-state index contributed by atoms with van der Waals surface area (Å²) in [6.07, 6.45) is 1.62. The molecule has 0 fully saturated rings. The fraction of sp³-hybridized carbons (Fsp3) is 0.429. The molecule has 8 nitrogen and oxygen atoms in total. The van der Waals surface area contributed by atoms with Crippen molar-refractivity contribution >= 4 is 33.2 Å². The number of aromatic hydroxyl groups is 2. The van der Waals surface area contributed by atoms with Gasteiger partial charge < -0.3 is 24.6 Å². The molecule has 0 radical (unpaired) electrons. The number of fused-ring (bicyclic) bond motifs is 1. The van der Waals surface area contributed by atoms with E-state index >= 15 is 0 Å². The fourth-order valence-electron chi connectivity index (χ4n) is 4.78. The minimum absolute atomic E-state index is 0.0883. The maximum atomic E-state index is 13.7. The Morgan fingerprint density at radius 2 is 1.87 bits per heavy atom. The summed E-state index contributed by atoms with van der Waals surface area (Å²) in [6, 6.07) is 7.45. The molecule has 0 aliphatic carbocycles. The summed E-state index contributed by atoms with van der Waals surface area (Å²) in [6.45, 7) is 8.75. The van der Waals surface area contributed by atoms with Gasteiger partial charge in [0.25, 0.3) is 5.91 Å². The molecule has 3 N–H and O–H groups in total. The van der Waals surface area contributed by atoms with E-state index in [1.165, 1.54) is 0 Å². The molecule has 2 aromatic carbocycles. The normalized spacial score (nSPS) is 16.6. The molecule has 204 valence electrons. The number of carbonyl (C=O) groups is 1. The van der Waals surface area contributed by atoms with Crippen LogP contribution in [0.1, 0.15) is 46.0 Å². The van der Waals surface area contributed by atoms with Crippen LogP contribution in [-0.2, 0) is 17.6 Å². The van der Waals surface area contributed by atoms with Crippen LogP contribution < -0.4 is 14.3 Å². The molecule has 0 spiro atoms. The minimum Gasteiger partial charge on any atom is -0.507 e. The Morgan fingerprint density at radius 1 is 1.16 bits per heavy atom. The molecule has 0 bridgehead atoms. The number of nitrogens with one attached hydrogen (secondary N) is 1. The molecule has 1 aliphatic heterocycles. The summed E-state index contributed by atoms with van der Waals surface area (Å²) >= 11 is 4.45. The molecule has 0 saturated carbocycles. The van der Waals surface area contributed by atoms with E-state index in [9.17, 15) is 19.8 Å². The zero-order valence-electron chi connectivity index (χ0n) is 22.0. The number of alkyl halides is 1. The van der Waals surface area contributed by atoms with Gasteiger partial charge in [-0.05, 0) is 68.5 Å².